The second-order valence-electron chi connectivity index (χ2n) is 2.96. The summed E-state index contributed by atoms with van der Waals surface area (Å²) < 4.78 is 0. The van der Waals surface area contributed by atoms with Crippen molar-refractivity contribution in [2.24, 2.45) is 15.7 Å². The van der Waals surface area contributed by atoms with Gasteiger partial charge in [0, 0.05) is 0 Å². The smallest absolute Gasteiger partial charge is 0.153 e. The molecule has 16 heavy (non-hydrogen) atoms. The summed E-state index contributed by atoms with van der Waals surface area (Å²) in [5, 5.41) is 0.506. The number of rotatable bonds is 3. The number of carbonyl (C=O) groups excluding carboxylic acids is 1. The number of hydrogen-bond acceptors (Lipinski definition) is 2. The molecule has 0 saturated carbocycles. The first-order valence-electron chi connectivity index (χ1n) is 4.31. The number of nitrogens with two attached hydrogens (primary N) is 1. The largest absolute Gasteiger partial charge is 0.387 e. The van der Waals surface area contributed by atoms with Crippen LogP contribution in [-0.4, -0.2) is 18.5 Å². The highest BCUT2D eigenvalue weighted by atomic mass is 35.5. The van der Waals surface area contributed by atoms with E-state index in [9.17, 15) is 4.79 Å². The number of amidine groups is 1. The molecule has 0 aliphatic carbocycles. The highest BCUT2D eigenvalue weighted by molar-refractivity contribution is 6.38. The molecule has 0 amide bonds. The van der Waals surface area contributed by atoms with E-state index in [-0.39, 0.29) is 15.6 Å². The monoisotopic (exact) mass is 257 g/mol. The number of aliphatic imine (C=N–C) groups is 2. The van der Waals surface area contributed by atoms with Crippen molar-refractivity contribution < 1.29 is 4.79 Å². The van der Waals surface area contributed by atoms with Gasteiger partial charge >= 0.3 is 0 Å². The maximum absolute atomic E-state index is 10.6. The SMILES string of the molecule is CC(N)=NC=Nc1cc(Cl)c(C=O)c(Cl)c1. The van der Waals surface area contributed by atoms with Gasteiger partial charge in [-0.1, -0.05) is 23.2 Å². The predicted molar refractivity (Wildman–Crippen MR) is 67.3 cm³/mol. The molecule has 0 aliphatic rings. The van der Waals surface area contributed by atoms with Gasteiger partial charge in [-0.25, -0.2) is 9.98 Å². The second kappa shape index (κ2) is 5.63. The molecule has 1 aromatic carbocycles. The molecule has 0 aromatic heterocycles. The van der Waals surface area contributed by atoms with Crippen LogP contribution in [0, 0.1) is 0 Å². The number of carbonyl (C=O) groups is 1. The van der Waals surface area contributed by atoms with Gasteiger partial charge in [0.25, 0.3) is 0 Å². The molecule has 0 radical (unpaired) electrons. The zero-order valence-electron chi connectivity index (χ0n) is 8.45. The van der Waals surface area contributed by atoms with Crippen molar-refractivity contribution in [3.63, 3.8) is 0 Å². The fourth-order valence-electron chi connectivity index (χ4n) is 0.945. The Kier molecular flexibility index (Phi) is 4.46. The van der Waals surface area contributed by atoms with Gasteiger partial charge in [-0.2, -0.15) is 0 Å². The first-order chi connectivity index (χ1) is 7.54. The number of benzene rings is 1. The molecule has 0 fully saturated rings. The molecule has 0 heterocycles. The quantitative estimate of drug-likeness (QED) is 0.514. The van der Waals surface area contributed by atoms with Crippen LogP contribution in [0.25, 0.3) is 0 Å². The number of nitrogens with zero attached hydrogens (tertiary/aromatic N) is 2. The fourth-order valence-corrected chi connectivity index (χ4v) is 1.51. The molecule has 2 N–H and O–H groups in total. The summed E-state index contributed by atoms with van der Waals surface area (Å²) in [6, 6.07) is 3.05. The Labute approximate surface area is 103 Å². The molecule has 0 unspecified atom stereocenters. The van der Waals surface area contributed by atoms with Crippen LogP contribution < -0.4 is 5.73 Å². The van der Waals surface area contributed by atoms with Crippen molar-refractivity contribution >= 4 is 47.3 Å². The molecule has 0 saturated heterocycles. The topological polar surface area (TPSA) is 67.8 Å². The maximum atomic E-state index is 10.6. The number of hydrogen-bond donors (Lipinski definition) is 1. The summed E-state index contributed by atoms with van der Waals surface area (Å²) in [5.74, 6) is 0.394. The van der Waals surface area contributed by atoms with Gasteiger partial charge in [0.2, 0.25) is 0 Å². The van der Waals surface area contributed by atoms with Gasteiger partial charge in [-0.3, -0.25) is 4.79 Å². The van der Waals surface area contributed by atoms with E-state index in [1.54, 1.807) is 6.92 Å². The van der Waals surface area contributed by atoms with E-state index in [1.165, 1.54) is 18.5 Å². The molecular formula is C10H9Cl2N3O. The van der Waals surface area contributed by atoms with Gasteiger partial charge in [0.15, 0.2) is 6.29 Å². The Morgan fingerprint density at radius 1 is 1.38 bits per heavy atom. The Bertz CT molecular complexity index is 442. The third kappa shape index (κ3) is 3.32. The molecule has 4 nitrogen and oxygen atoms in total. The van der Waals surface area contributed by atoms with Gasteiger partial charge in [-0.15, -0.1) is 0 Å². The van der Waals surface area contributed by atoms with E-state index in [0.717, 1.165) is 0 Å². The van der Waals surface area contributed by atoms with Crippen molar-refractivity contribution in [1.82, 2.24) is 0 Å². The van der Waals surface area contributed by atoms with Gasteiger partial charge in [0.1, 0.15) is 6.34 Å². The van der Waals surface area contributed by atoms with E-state index in [0.29, 0.717) is 17.8 Å². The molecule has 0 bridgehead atoms. The minimum atomic E-state index is 0.251. The fraction of sp³-hybridized carbons (Fsp3) is 0.100. The van der Waals surface area contributed by atoms with Crippen molar-refractivity contribution in [3.8, 4) is 0 Å². The van der Waals surface area contributed by atoms with Crippen LogP contribution in [0.5, 0.6) is 0 Å². The number of halogens is 2. The molecule has 1 rings (SSSR count). The summed E-state index contributed by atoms with van der Waals surface area (Å²) in [6.07, 6.45) is 1.89. The van der Waals surface area contributed by atoms with Crippen LogP contribution >= 0.6 is 23.2 Å². The minimum absolute atomic E-state index is 0.251. The first-order valence-corrected chi connectivity index (χ1v) is 5.07. The van der Waals surface area contributed by atoms with Crippen LogP contribution in [-0.2, 0) is 0 Å². The lowest BCUT2D eigenvalue weighted by atomic mass is 10.2. The van der Waals surface area contributed by atoms with Crippen LogP contribution in [0.15, 0.2) is 22.1 Å². The van der Waals surface area contributed by atoms with E-state index >= 15 is 0 Å². The van der Waals surface area contributed by atoms with Crippen LogP contribution in [0.3, 0.4) is 0 Å². The third-order valence-electron chi connectivity index (χ3n) is 1.65. The van der Waals surface area contributed by atoms with Crippen molar-refractivity contribution in [2.75, 3.05) is 0 Å². The highest BCUT2D eigenvalue weighted by Gasteiger charge is 2.06. The summed E-state index contributed by atoms with van der Waals surface area (Å²) in [7, 11) is 0. The van der Waals surface area contributed by atoms with Gasteiger partial charge in [0.05, 0.1) is 27.1 Å². The van der Waals surface area contributed by atoms with Crippen molar-refractivity contribution in [2.45, 2.75) is 6.92 Å². The third-order valence-corrected chi connectivity index (χ3v) is 2.28. The van der Waals surface area contributed by atoms with E-state index in [2.05, 4.69) is 9.98 Å². The molecule has 0 spiro atoms. The Hall–Kier alpha value is -1.39. The van der Waals surface area contributed by atoms with Crippen molar-refractivity contribution in [1.29, 1.82) is 0 Å². The highest BCUT2D eigenvalue weighted by Crippen LogP contribution is 2.28. The molecule has 84 valence electrons. The van der Waals surface area contributed by atoms with E-state index in [1.807, 2.05) is 0 Å². The predicted octanol–water partition coefficient (Wildman–Crippen LogP) is 2.84. The van der Waals surface area contributed by atoms with Crippen LogP contribution in [0.2, 0.25) is 10.0 Å². The van der Waals surface area contributed by atoms with Crippen LogP contribution in [0.1, 0.15) is 17.3 Å². The molecular weight excluding hydrogens is 249 g/mol. The summed E-state index contributed by atoms with van der Waals surface area (Å²) in [4.78, 5) is 18.4. The molecule has 1 aromatic rings. The van der Waals surface area contributed by atoms with Crippen LogP contribution in [0.4, 0.5) is 5.69 Å². The average molecular weight is 258 g/mol. The number of aldehydes is 1. The summed E-state index contributed by atoms with van der Waals surface area (Å²) in [6.45, 7) is 1.64. The lowest BCUT2D eigenvalue weighted by molar-refractivity contribution is 0.112. The van der Waals surface area contributed by atoms with E-state index < -0.39 is 0 Å². The summed E-state index contributed by atoms with van der Waals surface area (Å²) in [5.41, 5.74) is 6.08. The zero-order valence-corrected chi connectivity index (χ0v) is 9.96. The lowest BCUT2D eigenvalue weighted by Crippen LogP contribution is -2.04. The van der Waals surface area contributed by atoms with Crippen molar-refractivity contribution in [3.05, 3.63) is 27.7 Å². The minimum Gasteiger partial charge on any atom is -0.387 e. The Balaban J connectivity index is 3.05. The molecule has 6 heteroatoms. The van der Waals surface area contributed by atoms with E-state index in [4.69, 9.17) is 28.9 Å². The first kappa shape index (κ1) is 12.7. The van der Waals surface area contributed by atoms with Gasteiger partial charge < -0.3 is 5.73 Å². The summed E-state index contributed by atoms with van der Waals surface area (Å²) >= 11 is 11.7. The standard InChI is InChI=1S/C10H9Cl2N3O/c1-6(13)14-5-15-7-2-9(11)8(4-16)10(12)3-7/h2-5H,1H3,(H2,13,14,15). The Morgan fingerprint density at radius 2 is 1.94 bits per heavy atom. The van der Waals surface area contributed by atoms with Gasteiger partial charge in [-0.05, 0) is 19.1 Å². The maximum Gasteiger partial charge on any atom is 0.153 e. The normalized spacial score (nSPS) is 12.1. The molecule has 0 atom stereocenters. The zero-order chi connectivity index (χ0) is 12.1. The molecule has 0 aliphatic heterocycles. The Morgan fingerprint density at radius 3 is 2.38 bits per heavy atom. The average Bonchev–Trinajstić information content (AvgIpc) is 2.16. The lowest BCUT2D eigenvalue weighted by Gasteiger charge is -2.00. The second-order valence-corrected chi connectivity index (χ2v) is 3.77.